The Bertz CT molecular complexity index is 765. The van der Waals surface area contributed by atoms with E-state index in [-0.39, 0.29) is 24.6 Å². The Balaban J connectivity index is 1.91. The van der Waals surface area contributed by atoms with E-state index >= 15 is 0 Å². The molecule has 1 unspecified atom stereocenters. The van der Waals surface area contributed by atoms with E-state index in [1.165, 1.54) is 12.1 Å². The average Bonchev–Trinajstić information content (AvgIpc) is 2.60. The van der Waals surface area contributed by atoms with Gasteiger partial charge in [-0.1, -0.05) is 42.5 Å². The lowest BCUT2D eigenvalue weighted by Gasteiger charge is -2.17. The van der Waals surface area contributed by atoms with Crippen LogP contribution in [0.4, 0.5) is 18.0 Å². The van der Waals surface area contributed by atoms with E-state index in [1.807, 2.05) is 0 Å². The van der Waals surface area contributed by atoms with Crippen LogP contribution >= 0.6 is 0 Å². The van der Waals surface area contributed by atoms with Crippen molar-refractivity contribution in [2.45, 2.75) is 25.4 Å². The number of urea groups is 1. The minimum Gasteiger partial charge on any atom is -0.406 e. The first-order chi connectivity index (χ1) is 12.7. The van der Waals surface area contributed by atoms with Crippen LogP contribution in [0.2, 0.25) is 0 Å². The fraction of sp³-hybridized carbons (Fsp3) is 0.222. The van der Waals surface area contributed by atoms with Crippen LogP contribution in [0.5, 0.6) is 5.75 Å². The summed E-state index contributed by atoms with van der Waals surface area (Å²) < 4.78 is 40.2. The summed E-state index contributed by atoms with van der Waals surface area (Å²) in [5, 5.41) is 5.16. The summed E-state index contributed by atoms with van der Waals surface area (Å²) in [6, 6.07) is 12.7. The maximum atomic E-state index is 12.2. The molecule has 2 aromatic carbocycles. The lowest BCUT2D eigenvalue weighted by atomic mass is 10.0. The van der Waals surface area contributed by atoms with Crippen molar-refractivity contribution in [2.75, 3.05) is 0 Å². The second-order valence-corrected chi connectivity index (χ2v) is 5.64. The highest BCUT2D eigenvalue weighted by Crippen LogP contribution is 2.22. The van der Waals surface area contributed by atoms with Crippen molar-refractivity contribution in [3.63, 3.8) is 0 Å². The van der Waals surface area contributed by atoms with Crippen molar-refractivity contribution in [1.82, 2.24) is 10.6 Å². The highest BCUT2D eigenvalue weighted by molar-refractivity contribution is 5.78. The van der Waals surface area contributed by atoms with Gasteiger partial charge in [0.15, 0.2) is 0 Å². The van der Waals surface area contributed by atoms with Gasteiger partial charge >= 0.3 is 12.4 Å². The van der Waals surface area contributed by atoms with Gasteiger partial charge in [0.2, 0.25) is 5.91 Å². The molecule has 3 amide bonds. The van der Waals surface area contributed by atoms with Gasteiger partial charge < -0.3 is 21.1 Å². The summed E-state index contributed by atoms with van der Waals surface area (Å²) in [5.41, 5.74) is 6.47. The molecule has 0 saturated heterocycles. The first-order valence-corrected chi connectivity index (χ1v) is 7.95. The molecule has 0 aliphatic heterocycles. The smallest absolute Gasteiger partial charge is 0.406 e. The highest BCUT2D eigenvalue weighted by Gasteiger charge is 2.30. The molecule has 27 heavy (non-hydrogen) atoms. The third-order valence-electron chi connectivity index (χ3n) is 3.55. The summed E-state index contributed by atoms with van der Waals surface area (Å²) >= 11 is 0. The first kappa shape index (κ1) is 20.1. The zero-order valence-electron chi connectivity index (χ0n) is 14.1. The molecule has 1 atom stereocenters. The number of benzene rings is 2. The number of hydrogen-bond donors (Lipinski definition) is 3. The number of primary amides is 1. The number of amides is 3. The van der Waals surface area contributed by atoms with E-state index in [0.717, 1.165) is 17.7 Å². The second kappa shape index (κ2) is 8.93. The number of ether oxygens (including phenoxy) is 1. The standard InChI is InChI=1S/C18H18F3N3O3/c19-18(20,21)27-14-8-6-12(7-9-14)11-23-16(25)10-15(24-17(22)26)13-4-2-1-3-5-13/h1-9,15H,10-11H2,(H,23,25)(H3,22,24,26). The van der Waals surface area contributed by atoms with Crippen molar-refractivity contribution in [2.24, 2.45) is 5.73 Å². The zero-order valence-corrected chi connectivity index (χ0v) is 14.1. The topological polar surface area (TPSA) is 93.5 Å². The lowest BCUT2D eigenvalue weighted by Crippen LogP contribution is -2.36. The van der Waals surface area contributed by atoms with Gasteiger partial charge in [0.1, 0.15) is 5.75 Å². The van der Waals surface area contributed by atoms with Gasteiger partial charge in [-0.2, -0.15) is 0 Å². The Morgan fingerprint density at radius 2 is 1.67 bits per heavy atom. The van der Waals surface area contributed by atoms with E-state index in [9.17, 15) is 22.8 Å². The first-order valence-electron chi connectivity index (χ1n) is 7.95. The molecule has 0 bridgehead atoms. The molecule has 0 heterocycles. The van der Waals surface area contributed by atoms with E-state index in [2.05, 4.69) is 15.4 Å². The fourth-order valence-corrected chi connectivity index (χ4v) is 2.38. The van der Waals surface area contributed by atoms with Crippen LogP contribution in [0, 0.1) is 0 Å². The molecule has 0 spiro atoms. The normalized spacial score (nSPS) is 12.1. The molecular weight excluding hydrogens is 363 g/mol. The average molecular weight is 381 g/mol. The number of hydrogen-bond acceptors (Lipinski definition) is 3. The number of alkyl halides is 3. The summed E-state index contributed by atoms with van der Waals surface area (Å²) in [6.45, 7) is 0.114. The van der Waals surface area contributed by atoms with Crippen molar-refractivity contribution in [3.05, 3.63) is 65.7 Å². The van der Waals surface area contributed by atoms with Gasteiger partial charge in [-0.05, 0) is 23.3 Å². The molecule has 2 aromatic rings. The number of rotatable bonds is 7. The van der Waals surface area contributed by atoms with E-state index in [1.54, 1.807) is 30.3 Å². The molecule has 0 fully saturated rings. The zero-order chi connectivity index (χ0) is 19.9. The molecule has 144 valence electrons. The largest absolute Gasteiger partial charge is 0.573 e. The molecule has 0 radical (unpaired) electrons. The van der Waals surface area contributed by atoms with Gasteiger partial charge in [-0.15, -0.1) is 13.2 Å². The Hall–Kier alpha value is -3.23. The number of nitrogens with two attached hydrogens (primary N) is 1. The van der Waals surface area contributed by atoms with Crippen LogP contribution in [0.25, 0.3) is 0 Å². The molecule has 4 N–H and O–H groups in total. The van der Waals surface area contributed by atoms with Crippen LogP contribution in [0.1, 0.15) is 23.6 Å². The third-order valence-corrected chi connectivity index (χ3v) is 3.55. The maximum absolute atomic E-state index is 12.2. The molecule has 0 aliphatic carbocycles. The minimum atomic E-state index is -4.75. The number of nitrogens with one attached hydrogen (secondary N) is 2. The summed E-state index contributed by atoms with van der Waals surface area (Å²) in [6.07, 6.45) is -4.79. The van der Waals surface area contributed by atoms with Crippen LogP contribution in [0.3, 0.4) is 0 Å². The second-order valence-electron chi connectivity index (χ2n) is 5.64. The number of halogens is 3. The predicted molar refractivity (Wildman–Crippen MR) is 91.5 cm³/mol. The Labute approximate surface area is 153 Å². The summed E-state index contributed by atoms with van der Waals surface area (Å²) in [7, 11) is 0. The Morgan fingerprint density at radius 3 is 2.22 bits per heavy atom. The number of carbonyl (C=O) groups excluding carboxylic acids is 2. The van der Waals surface area contributed by atoms with E-state index in [0.29, 0.717) is 5.56 Å². The fourth-order valence-electron chi connectivity index (χ4n) is 2.38. The van der Waals surface area contributed by atoms with Crippen LogP contribution in [0.15, 0.2) is 54.6 Å². The monoisotopic (exact) mass is 381 g/mol. The van der Waals surface area contributed by atoms with Gasteiger partial charge in [-0.3, -0.25) is 4.79 Å². The maximum Gasteiger partial charge on any atom is 0.573 e. The van der Waals surface area contributed by atoms with Crippen LogP contribution in [-0.2, 0) is 11.3 Å². The summed E-state index contributed by atoms with van der Waals surface area (Å²) in [5.74, 6) is -0.694. The molecule has 6 nitrogen and oxygen atoms in total. The molecular formula is C18H18F3N3O3. The summed E-state index contributed by atoms with van der Waals surface area (Å²) in [4.78, 5) is 23.3. The van der Waals surface area contributed by atoms with Gasteiger partial charge in [0, 0.05) is 6.54 Å². The number of carbonyl (C=O) groups is 2. The van der Waals surface area contributed by atoms with Crippen molar-refractivity contribution in [1.29, 1.82) is 0 Å². The molecule has 9 heteroatoms. The van der Waals surface area contributed by atoms with E-state index in [4.69, 9.17) is 5.73 Å². The van der Waals surface area contributed by atoms with Gasteiger partial charge in [-0.25, -0.2) is 4.79 Å². The molecule has 0 aliphatic rings. The Kier molecular flexibility index (Phi) is 6.64. The SMILES string of the molecule is NC(=O)NC(CC(=O)NCc1ccc(OC(F)(F)F)cc1)c1ccccc1. The third kappa shape index (κ3) is 7.27. The quantitative estimate of drug-likeness (QED) is 0.688. The predicted octanol–water partition coefficient (Wildman–Crippen LogP) is 3.00. The molecule has 0 saturated carbocycles. The van der Waals surface area contributed by atoms with Gasteiger partial charge in [0.25, 0.3) is 0 Å². The molecule has 0 aromatic heterocycles. The minimum absolute atomic E-state index is 0.0395. The van der Waals surface area contributed by atoms with Crippen LogP contribution < -0.4 is 21.1 Å². The Morgan fingerprint density at radius 1 is 1.04 bits per heavy atom. The van der Waals surface area contributed by atoms with Crippen LogP contribution in [-0.4, -0.2) is 18.3 Å². The molecule has 2 rings (SSSR count). The van der Waals surface area contributed by atoms with Crippen molar-refractivity contribution in [3.8, 4) is 5.75 Å². The highest BCUT2D eigenvalue weighted by atomic mass is 19.4. The van der Waals surface area contributed by atoms with Gasteiger partial charge in [0.05, 0.1) is 12.5 Å². The van der Waals surface area contributed by atoms with Crippen molar-refractivity contribution >= 4 is 11.9 Å². The lowest BCUT2D eigenvalue weighted by molar-refractivity contribution is -0.274. The van der Waals surface area contributed by atoms with E-state index < -0.39 is 18.4 Å². The van der Waals surface area contributed by atoms with Crippen molar-refractivity contribution < 1.29 is 27.5 Å².